The standard InChI is InChI=1S/C29H28N4O2S/c1-15-28(36-16(2)31-15)23-13-10-20-22(32-23)12-11-21(26(20)30)27-25(17-6-4-3-5-7-17)19-9-8-18(29(34)35)14-24(19)33-27/h8-14,17,33H,3-7,30H2,1-2H3,(H,34,35). The number of hydrogen-bond acceptors (Lipinski definition) is 5. The van der Waals surface area contributed by atoms with Gasteiger partial charge in [-0.15, -0.1) is 11.3 Å². The molecule has 2 aromatic carbocycles. The number of benzene rings is 2. The van der Waals surface area contributed by atoms with Gasteiger partial charge in [0.05, 0.1) is 43.7 Å². The summed E-state index contributed by atoms with van der Waals surface area (Å²) in [6.45, 7) is 4.02. The average Bonchev–Trinajstić information content (AvgIpc) is 3.43. The van der Waals surface area contributed by atoms with Crippen LogP contribution in [-0.4, -0.2) is 26.0 Å². The Kier molecular flexibility index (Phi) is 5.52. The fourth-order valence-corrected chi connectivity index (χ4v) is 6.61. The minimum absolute atomic E-state index is 0.280. The smallest absolute Gasteiger partial charge is 0.335 e. The van der Waals surface area contributed by atoms with E-state index in [1.807, 2.05) is 38.1 Å². The molecule has 1 fully saturated rings. The Morgan fingerprint density at radius 3 is 2.53 bits per heavy atom. The molecule has 36 heavy (non-hydrogen) atoms. The lowest BCUT2D eigenvalue weighted by molar-refractivity contribution is 0.0697. The van der Waals surface area contributed by atoms with Crippen molar-refractivity contribution in [3.8, 4) is 21.8 Å². The van der Waals surface area contributed by atoms with Crippen molar-refractivity contribution in [3.05, 3.63) is 64.3 Å². The molecule has 182 valence electrons. The predicted molar refractivity (Wildman–Crippen MR) is 147 cm³/mol. The van der Waals surface area contributed by atoms with Crippen LogP contribution in [0.5, 0.6) is 0 Å². The zero-order valence-electron chi connectivity index (χ0n) is 20.4. The number of aromatic amines is 1. The van der Waals surface area contributed by atoms with Gasteiger partial charge in [-0.3, -0.25) is 0 Å². The minimum atomic E-state index is -0.925. The molecule has 5 aromatic rings. The zero-order valence-corrected chi connectivity index (χ0v) is 21.2. The number of nitrogens with zero attached hydrogens (tertiary/aromatic N) is 2. The van der Waals surface area contributed by atoms with Gasteiger partial charge in [-0.1, -0.05) is 25.3 Å². The Hall–Kier alpha value is -3.71. The number of carboxylic acids is 1. The molecular weight excluding hydrogens is 468 g/mol. The van der Waals surface area contributed by atoms with Gasteiger partial charge in [0.1, 0.15) is 0 Å². The quantitative estimate of drug-likeness (QED) is 0.224. The van der Waals surface area contributed by atoms with Crippen LogP contribution in [-0.2, 0) is 0 Å². The lowest BCUT2D eigenvalue weighted by Gasteiger charge is -2.23. The number of pyridine rings is 1. The Morgan fingerprint density at radius 1 is 1.03 bits per heavy atom. The molecule has 1 aliphatic rings. The number of rotatable bonds is 4. The van der Waals surface area contributed by atoms with Crippen LogP contribution in [0.25, 0.3) is 43.6 Å². The number of anilines is 1. The number of H-pyrrole nitrogens is 1. The van der Waals surface area contributed by atoms with Crippen LogP contribution in [0.2, 0.25) is 0 Å². The number of thiazole rings is 1. The molecule has 0 spiro atoms. The highest BCUT2D eigenvalue weighted by Crippen LogP contribution is 2.45. The van der Waals surface area contributed by atoms with Crippen LogP contribution in [0.4, 0.5) is 5.69 Å². The molecule has 7 heteroatoms. The number of aryl methyl sites for hydroxylation is 2. The van der Waals surface area contributed by atoms with Gasteiger partial charge in [0, 0.05) is 21.9 Å². The van der Waals surface area contributed by atoms with Gasteiger partial charge in [-0.2, -0.15) is 0 Å². The Bertz CT molecular complexity index is 1640. The first kappa shape index (κ1) is 22.7. The molecule has 0 bridgehead atoms. The van der Waals surface area contributed by atoms with Crippen molar-refractivity contribution >= 4 is 44.8 Å². The summed E-state index contributed by atoms with van der Waals surface area (Å²) < 4.78 is 0. The first-order chi connectivity index (χ1) is 17.4. The van der Waals surface area contributed by atoms with E-state index >= 15 is 0 Å². The highest BCUT2D eigenvalue weighted by atomic mass is 32.1. The van der Waals surface area contributed by atoms with Crippen molar-refractivity contribution in [2.75, 3.05) is 5.73 Å². The molecular formula is C29H28N4O2S. The monoisotopic (exact) mass is 496 g/mol. The summed E-state index contributed by atoms with van der Waals surface area (Å²) in [5.41, 5.74) is 14.6. The fourth-order valence-electron chi connectivity index (χ4n) is 5.72. The van der Waals surface area contributed by atoms with E-state index in [1.54, 1.807) is 23.5 Å². The van der Waals surface area contributed by atoms with Gasteiger partial charge in [0.2, 0.25) is 0 Å². The summed E-state index contributed by atoms with van der Waals surface area (Å²) in [7, 11) is 0. The van der Waals surface area contributed by atoms with E-state index in [0.29, 0.717) is 11.6 Å². The molecule has 3 heterocycles. The van der Waals surface area contributed by atoms with Gasteiger partial charge in [-0.25, -0.2) is 14.8 Å². The molecule has 0 unspecified atom stereocenters. The summed E-state index contributed by atoms with van der Waals surface area (Å²) in [5, 5.41) is 12.6. The van der Waals surface area contributed by atoms with Gasteiger partial charge in [0.15, 0.2) is 0 Å². The molecule has 1 saturated carbocycles. The molecule has 1 aliphatic carbocycles. The second-order valence-corrected chi connectivity index (χ2v) is 11.0. The van der Waals surface area contributed by atoms with Gasteiger partial charge < -0.3 is 15.8 Å². The highest BCUT2D eigenvalue weighted by molar-refractivity contribution is 7.15. The molecule has 0 saturated heterocycles. The third-order valence-electron chi connectivity index (χ3n) is 7.42. The maximum atomic E-state index is 11.6. The SMILES string of the molecule is Cc1nc(C)c(-c2ccc3c(N)c(-c4[nH]c5cc(C(=O)O)ccc5c4C4CCCCC4)ccc3n2)s1. The van der Waals surface area contributed by atoms with Crippen molar-refractivity contribution in [1.82, 2.24) is 15.0 Å². The summed E-state index contributed by atoms with van der Waals surface area (Å²) in [6, 6.07) is 13.5. The van der Waals surface area contributed by atoms with E-state index in [0.717, 1.165) is 67.2 Å². The van der Waals surface area contributed by atoms with Crippen LogP contribution in [0.1, 0.15) is 64.6 Å². The molecule has 0 aliphatic heterocycles. The summed E-state index contributed by atoms with van der Waals surface area (Å²) in [5.74, 6) is -0.503. The van der Waals surface area contributed by atoms with Crippen molar-refractivity contribution in [2.45, 2.75) is 51.9 Å². The third kappa shape index (κ3) is 3.75. The lowest BCUT2D eigenvalue weighted by atomic mass is 9.81. The molecule has 6 rings (SSSR count). The summed E-state index contributed by atoms with van der Waals surface area (Å²) in [6.07, 6.45) is 5.95. The normalized spacial score (nSPS) is 14.6. The van der Waals surface area contributed by atoms with E-state index in [-0.39, 0.29) is 5.56 Å². The first-order valence-electron chi connectivity index (χ1n) is 12.4. The van der Waals surface area contributed by atoms with Crippen LogP contribution in [0, 0.1) is 13.8 Å². The van der Waals surface area contributed by atoms with Gasteiger partial charge in [-0.05, 0) is 74.6 Å². The van der Waals surface area contributed by atoms with Gasteiger partial charge in [0.25, 0.3) is 0 Å². The van der Waals surface area contributed by atoms with Crippen molar-refractivity contribution in [1.29, 1.82) is 0 Å². The van der Waals surface area contributed by atoms with Crippen LogP contribution >= 0.6 is 11.3 Å². The number of nitrogens with two attached hydrogens (primary N) is 1. The topological polar surface area (TPSA) is 105 Å². The average molecular weight is 497 g/mol. The number of nitrogens with one attached hydrogen (secondary N) is 1. The Labute approximate surface area is 213 Å². The fraction of sp³-hybridized carbons (Fsp3) is 0.276. The largest absolute Gasteiger partial charge is 0.478 e. The number of hydrogen-bond donors (Lipinski definition) is 3. The maximum absolute atomic E-state index is 11.6. The Morgan fingerprint density at radius 2 is 1.81 bits per heavy atom. The van der Waals surface area contributed by atoms with E-state index in [2.05, 4.69) is 16.0 Å². The van der Waals surface area contributed by atoms with Crippen molar-refractivity contribution in [3.63, 3.8) is 0 Å². The second-order valence-electron chi connectivity index (χ2n) is 9.75. The molecule has 0 amide bonds. The predicted octanol–water partition coefficient (Wildman–Crippen LogP) is 7.45. The Balaban J connectivity index is 1.52. The zero-order chi connectivity index (χ0) is 25.0. The molecule has 0 atom stereocenters. The van der Waals surface area contributed by atoms with E-state index in [9.17, 15) is 9.90 Å². The number of carbonyl (C=O) groups is 1. The van der Waals surface area contributed by atoms with E-state index < -0.39 is 5.97 Å². The molecule has 4 N–H and O–H groups in total. The van der Waals surface area contributed by atoms with Crippen molar-refractivity contribution in [2.24, 2.45) is 0 Å². The number of aromatic nitrogens is 3. The number of nitrogen functional groups attached to an aromatic ring is 1. The number of aromatic carboxylic acids is 1. The van der Waals surface area contributed by atoms with E-state index in [1.165, 1.54) is 24.8 Å². The highest BCUT2D eigenvalue weighted by Gasteiger charge is 2.25. The number of carboxylic acid groups (broad SMARTS) is 1. The van der Waals surface area contributed by atoms with Crippen LogP contribution in [0.15, 0.2) is 42.5 Å². The van der Waals surface area contributed by atoms with Crippen molar-refractivity contribution < 1.29 is 9.90 Å². The summed E-state index contributed by atoms with van der Waals surface area (Å²) >= 11 is 1.65. The third-order valence-corrected chi connectivity index (χ3v) is 8.51. The van der Waals surface area contributed by atoms with Crippen LogP contribution in [0.3, 0.4) is 0 Å². The minimum Gasteiger partial charge on any atom is -0.478 e. The maximum Gasteiger partial charge on any atom is 0.335 e. The lowest BCUT2D eigenvalue weighted by Crippen LogP contribution is -2.06. The molecule has 6 nitrogen and oxygen atoms in total. The summed E-state index contributed by atoms with van der Waals surface area (Å²) in [4.78, 5) is 25.7. The second kappa shape index (κ2) is 8.75. The first-order valence-corrected chi connectivity index (χ1v) is 13.3. The van der Waals surface area contributed by atoms with Crippen LogP contribution < -0.4 is 5.73 Å². The molecule has 3 aromatic heterocycles. The number of fused-ring (bicyclic) bond motifs is 2. The van der Waals surface area contributed by atoms with Gasteiger partial charge >= 0.3 is 5.97 Å². The molecule has 0 radical (unpaired) electrons. The van der Waals surface area contributed by atoms with E-state index in [4.69, 9.17) is 10.7 Å².